The SMILES string of the molecule is NCC1CCCCC1C(=O)c1cccc(Cl)c1Cl. The molecule has 1 aliphatic rings. The fourth-order valence-electron chi connectivity index (χ4n) is 2.73. The van der Waals surface area contributed by atoms with Gasteiger partial charge in [-0.15, -0.1) is 0 Å². The van der Waals surface area contributed by atoms with Gasteiger partial charge in [0.25, 0.3) is 0 Å². The molecule has 2 rings (SSSR count). The fraction of sp³-hybridized carbons (Fsp3) is 0.500. The summed E-state index contributed by atoms with van der Waals surface area (Å²) >= 11 is 12.1. The molecule has 2 nitrogen and oxygen atoms in total. The highest BCUT2D eigenvalue weighted by Crippen LogP contribution is 2.35. The second-order valence-corrected chi connectivity index (χ2v) is 5.64. The molecule has 2 atom stereocenters. The van der Waals surface area contributed by atoms with Crippen molar-refractivity contribution in [2.24, 2.45) is 17.6 Å². The van der Waals surface area contributed by atoms with Gasteiger partial charge in [-0.3, -0.25) is 4.79 Å². The smallest absolute Gasteiger partial charge is 0.167 e. The largest absolute Gasteiger partial charge is 0.330 e. The fourth-order valence-corrected chi connectivity index (χ4v) is 3.12. The molecule has 0 amide bonds. The Balaban J connectivity index is 2.27. The van der Waals surface area contributed by atoms with Crippen LogP contribution in [0.5, 0.6) is 0 Å². The van der Waals surface area contributed by atoms with E-state index in [1.807, 2.05) is 0 Å². The molecular formula is C14H17Cl2NO. The number of carbonyl (C=O) groups excluding carboxylic acids is 1. The van der Waals surface area contributed by atoms with E-state index in [9.17, 15) is 4.79 Å². The molecule has 4 heteroatoms. The highest BCUT2D eigenvalue weighted by atomic mass is 35.5. The van der Waals surface area contributed by atoms with Crippen molar-refractivity contribution < 1.29 is 4.79 Å². The molecule has 1 aliphatic carbocycles. The molecule has 98 valence electrons. The highest BCUT2D eigenvalue weighted by molar-refractivity contribution is 6.43. The number of hydrogen-bond donors (Lipinski definition) is 1. The van der Waals surface area contributed by atoms with E-state index in [1.54, 1.807) is 18.2 Å². The third-order valence-corrected chi connectivity index (χ3v) is 4.58. The van der Waals surface area contributed by atoms with Crippen LogP contribution in [-0.2, 0) is 0 Å². The van der Waals surface area contributed by atoms with E-state index in [-0.39, 0.29) is 17.6 Å². The summed E-state index contributed by atoms with van der Waals surface area (Å²) in [4.78, 5) is 12.5. The van der Waals surface area contributed by atoms with Crippen LogP contribution in [0.2, 0.25) is 10.0 Å². The Kier molecular flexibility index (Phi) is 4.66. The van der Waals surface area contributed by atoms with E-state index in [0.29, 0.717) is 22.2 Å². The van der Waals surface area contributed by atoms with Gasteiger partial charge in [-0.05, 0) is 37.4 Å². The van der Waals surface area contributed by atoms with Crippen molar-refractivity contribution in [3.63, 3.8) is 0 Å². The predicted octanol–water partition coefficient (Wildman–Crippen LogP) is 3.94. The second-order valence-electron chi connectivity index (χ2n) is 4.85. The Labute approximate surface area is 117 Å². The monoisotopic (exact) mass is 285 g/mol. The number of hydrogen-bond acceptors (Lipinski definition) is 2. The molecule has 2 N–H and O–H groups in total. The summed E-state index contributed by atoms with van der Waals surface area (Å²) < 4.78 is 0. The lowest BCUT2D eigenvalue weighted by atomic mass is 9.75. The third kappa shape index (κ3) is 2.71. The van der Waals surface area contributed by atoms with E-state index in [4.69, 9.17) is 28.9 Å². The minimum Gasteiger partial charge on any atom is -0.330 e. The number of halogens is 2. The minimum absolute atomic E-state index is 0.000262. The van der Waals surface area contributed by atoms with Crippen LogP contribution in [-0.4, -0.2) is 12.3 Å². The maximum absolute atomic E-state index is 12.5. The second kappa shape index (κ2) is 6.05. The van der Waals surface area contributed by atoms with Crippen molar-refractivity contribution in [3.8, 4) is 0 Å². The number of Topliss-reactive ketones (excluding diaryl/α,β-unsaturated/α-hetero) is 1. The lowest BCUT2D eigenvalue weighted by Crippen LogP contribution is -2.32. The van der Waals surface area contributed by atoms with Gasteiger partial charge in [-0.1, -0.05) is 42.1 Å². The summed E-state index contributed by atoms with van der Waals surface area (Å²) in [5.74, 6) is 0.374. The molecule has 0 bridgehead atoms. The molecule has 2 unspecified atom stereocenters. The highest BCUT2D eigenvalue weighted by Gasteiger charge is 2.31. The lowest BCUT2D eigenvalue weighted by molar-refractivity contribution is 0.0830. The summed E-state index contributed by atoms with van der Waals surface area (Å²) in [7, 11) is 0. The molecule has 0 aromatic heterocycles. The van der Waals surface area contributed by atoms with Crippen molar-refractivity contribution in [1.29, 1.82) is 0 Å². The van der Waals surface area contributed by atoms with Crippen LogP contribution in [0, 0.1) is 11.8 Å². The maximum Gasteiger partial charge on any atom is 0.167 e. The van der Waals surface area contributed by atoms with E-state index >= 15 is 0 Å². The van der Waals surface area contributed by atoms with Crippen LogP contribution in [0.3, 0.4) is 0 Å². The quantitative estimate of drug-likeness (QED) is 0.855. The van der Waals surface area contributed by atoms with Gasteiger partial charge in [0.2, 0.25) is 0 Å². The number of ketones is 1. The zero-order chi connectivity index (χ0) is 13.1. The first-order valence-corrected chi connectivity index (χ1v) is 7.09. The summed E-state index contributed by atoms with van der Waals surface area (Å²) in [6.07, 6.45) is 4.19. The standard InChI is InChI=1S/C14H17Cl2NO/c15-12-7-3-6-11(13(12)16)14(18)10-5-2-1-4-9(10)8-17/h3,6-7,9-10H,1-2,4-5,8,17H2. The first kappa shape index (κ1) is 13.9. The molecule has 1 saturated carbocycles. The van der Waals surface area contributed by atoms with E-state index in [1.165, 1.54) is 0 Å². The predicted molar refractivity (Wildman–Crippen MR) is 75.3 cm³/mol. The van der Waals surface area contributed by atoms with Crippen molar-refractivity contribution in [1.82, 2.24) is 0 Å². The van der Waals surface area contributed by atoms with Crippen molar-refractivity contribution in [3.05, 3.63) is 33.8 Å². The molecule has 18 heavy (non-hydrogen) atoms. The Morgan fingerprint density at radius 3 is 2.72 bits per heavy atom. The van der Waals surface area contributed by atoms with Crippen molar-refractivity contribution >= 4 is 29.0 Å². The van der Waals surface area contributed by atoms with Gasteiger partial charge in [0.15, 0.2) is 5.78 Å². The number of benzene rings is 1. The summed E-state index contributed by atoms with van der Waals surface area (Å²) in [5.41, 5.74) is 6.30. The molecule has 0 saturated heterocycles. The van der Waals surface area contributed by atoms with Gasteiger partial charge >= 0.3 is 0 Å². The van der Waals surface area contributed by atoms with Gasteiger partial charge in [0.05, 0.1) is 10.0 Å². The number of rotatable bonds is 3. The summed E-state index contributed by atoms with van der Waals surface area (Å²) in [6.45, 7) is 0.564. The zero-order valence-corrected chi connectivity index (χ0v) is 11.7. The average Bonchev–Trinajstić information content (AvgIpc) is 2.41. The van der Waals surface area contributed by atoms with Gasteiger partial charge in [0, 0.05) is 11.5 Å². The molecule has 0 radical (unpaired) electrons. The number of carbonyl (C=O) groups is 1. The lowest BCUT2D eigenvalue weighted by Gasteiger charge is -2.29. The van der Waals surface area contributed by atoms with Crippen LogP contribution in [0.1, 0.15) is 36.0 Å². The van der Waals surface area contributed by atoms with E-state index in [0.717, 1.165) is 25.7 Å². The van der Waals surface area contributed by atoms with E-state index < -0.39 is 0 Å². The van der Waals surface area contributed by atoms with Crippen LogP contribution in [0.25, 0.3) is 0 Å². The topological polar surface area (TPSA) is 43.1 Å². The van der Waals surface area contributed by atoms with Gasteiger partial charge < -0.3 is 5.73 Å². The molecule has 0 spiro atoms. The summed E-state index contributed by atoms with van der Waals surface area (Å²) in [5, 5.41) is 0.799. The van der Waals surface area contributed by atoms with Crippen molar-refractivity contribution in [2.75, 3.05) is 6.54 Å². The third-order valence-electron chi connectivity index (χ3n) is 3.77. The maximum atomic E-state index is 12.5. The molecule has 0 aliphatic heterocycles. The van der Waals surface area contributed by atoms with Crippen LogP contribution >= 0.6 is 23.2 Å². The van der Waals surface area contributed by atoms with Gasteiger partial charge in [-0.25, -0.2) is 0 Å². The Bertz CT molecular complexity index is 447. The molecule has 1 aromatic rings. The first-order chi connectivity index (χ1) is 8.65. The van der Waals surface area contributed by atoms with Gasteiger partial charge in [0.1, 0.15) is 0 Å². The molecule has 1 aromatic carbocycles. The Morgan fingerprint density at radius 1 is 1.28 bits per heavy atom. The first-order valence-electron chi connectivity index (χ1n) is 6.33. The Morgan fingerprint density at radius 2 is 2.00 bits per heavy atom. The van der Waals surface area contributed by atoms with Crippen LogP contribution in [0.15, 0.2) is 18.2 Å². The summed E-state index contributed by atoms with van der Waals surface area (Å²) in [6, 6.07) is 5.21. The molecule has 1 fully saturated rings. The van der Waals surface area contributed by atoms with Crippen LogP contribution < -0.4 is 5.73 Å². The average molecular weight is 286 g/mol. The van der Waals surface area contributed by atoms with Crippen LogP contribution in [0.4, 0.5) is 0 Å². The minimum atomic E-state index is -0.000262. The van der Waals surface area contributed by atoms with Gasteiger partial charge in [-0.2, -0.15) is 0 Å². The number of nitrogens with two attached hydrogens (primary N) is 1. The Hall–Kier alpha value is -0.570. The zero-order valence-electron chi connectivity index (χ0n) is 10.2. The molecule has 0 heterocycles. The van der Waals surface area contributed by atoms with Crippen molar-refractivity contribution in [2.45, 2.75) is 25.7 Å². The normalized spacial score (nSPS) is 23.9. The van der Waals surface area contributed by atoms with E-state index in [2.05, 4.69) is 0 Å². The molecular weight excluding hydrogens is 269 g/mol.